The van der Waals surface area contributed by atoms with E-state index in [1.165, 1.54) is 0 Å². The molecule has 0 fully saturated rings. The van der Waals surface area contributed by atoms with Crippen molar-refractivity contribution < 1.29 is 9.72 Å². The zero-order valence-electron chi connectivity index (χ0n) is 15.0. The van der Waals surface area contributed by atoms with Crippen molar-refractivity contribution in [1.82, 2.24) is 20.8 Å². The van der Waals surface area contributed by atoms with Crippen molar-refractivity contribution in [2.75, 3.05) is 10.9 Å². The minimum Gasteiger partial charge on any atom is -0.299 e. The third kappa shape index (κ3) is 5.11. The topological polar surface area (TPSA) is 134 Å². The van der Waals surface area contributed by atoms with Crippen LogP contribution in [0, 0.1) is 17.0 Å². The Bertz CT molecular complexity index is 800. The summed E-state index contributed by atoms with van der Waals surface area (Å²) in [5.41, 5.74) is 11.2. The van der Waals surface area contributed by atoms with E-state index in [1.807, 2.05) is 27.7 Å². The van der Waals surface area contributed by atoms with E-state index in [9.17, 15) is 14.9 Å². The first-order valence-corrected chi connectivity index (χ1v) is 7.83. The molecule has 10 heteroatoms. The Hall–Kier alpha value is -3.27. The zero-order chi connectivity index (χ0) is 19.3. The molecule has 10 nitrogen and oxygen atoms in total. The first-order valence-electron chi connectivity index (χ1n) is 7.83. The molecule has 0 saturated heterocycles. The maximum atomic E-state index is 12.1. The number of amides is 1. The van der Waals surface area contributed by atoms with Crippen molar-refractivity contribution in [2.24, 2.45) is 0 Å². The standard InChI is InChI=1S/C16H21N7O3/c1-10-5-7-11(8-6-10)15(24)21-19-13-12(23(25)26)14(18-9-17-13)20-22-16(2,3)4/h5-9,22H,1-4H3,(H,21,24)(H2,17,18,19,20). The van der Waals surface area contributed by atoms with Crippen LogP contribution in [0.5, 0.6) is 0 Å². The second kappa shape index (κ2) is 7.74. The average Bonchev–Trinajstić information content (AvgIpc) is 2.57. The van der Waals surface area contributed by atoms with Gasteiger partial charge in [0.25, 0.3) is 5.91 Å². The fourth-order valence-electron chi connectivity index (χ4n) is 1.87. The van der Waals surface area contributed by atoms with E-state index in [0.717, 1.165) is 11.9 Å². The molecule has 0 atom stereocenters. The van der Waals surface area contributed by atoms with Crippen LogP contribution in [0.15, 0.2) is 30.6 Å². The van der Waals surface area contributed by atoms with Gasteiger partial charge in [-0.25, -0.2) is 15.4 Å². The molecule has 1 amide bonds. The highest BCUT2D eigenvalue weighted by molar-refractivity contribution is 5.95. The second-order valence-electron chi connectivity index (χ2n) is 6.62. The van der Waals surface area contributed by atoms with Gasteiger partial charge in [-0.15, -0.1) is 0 Å². The molecule has 2 rings (SSSR count). The van der Waals surface area contributed by atoms with Gasteiger partial charge in [-0.3, -0.25) is 31.2 Å². The van der Waals surface area contributed by atoms with Crippen molar-refractivity contribution in [3.05, 3.63) is 51.8 Å². The highest BCUT2D eigenvalue weighted by Gasteiger charge is 2.24. The number of hydrazine groups is 2. The molecule has 4 N–H and O–H groups in total. The SMILES string of the molecule is Cc1ccc(C(=O)NNc2ncnc(NNC(C)(C)C)c2[N+](=O)[O-])cc1. The van der Waals surface area contributed by atoms with Gasteiger partial charge in [0.1, 0.15) is 6.33 Å². The van der Waals surface area contributed by atoms with Gasteiger partial charge >= 0.3 is 5.69 Å². The fraction of sp³-hybridized carbons (Fsp3) is 0.312. The van der Waals surface area contributed by atoms with Gasteiger partial charge in [-0.05, 0) is 39.8 Å². The number of nitrogens with one attached hydrogen (secondary N) is 4. The lowest BCUT2D eigenvalue weighted by molar-refractivity contribution is -0.383. The Balaban J connectivity index is 2.16. The molecule has 1 heterocycles. The summed E-state index contributed by atoms with van der Waals surface area (Å²) in [6, 6.07) is 6.90. The first-order chi connectivity index (χ1) is 12.2. The molecule has 0 aliphatic carbocycles. The Labute approximate surface area is 150 Å². The summed E-state index contributed by atoms with van der Waals surface area (Å²) in [7, 11) is 0. The number of anilines is 2. The van der Waals surface area contributed by atoms with Crippen molar-refractivity contribution in [1.29, 1.82) is 0 Å². The number of carbonyl (C=O) groups excluding carboxylic acids is 1. The van der Waals surface area contributed by atoms with Crippen LogP contribution in [0.25, 0.3) is 0 Å². The molecule has 138 valence electrons. The number of benzene rings is 1. The summed E-state index contributed by atoms with van der Waals surface area (Å²) in [4.78, 5) is 30.6. The number of carbonyl (C=O) groups is 1. The third-order valence-corrected chi connectivity index (χ3v) is 3.17. The Morgan fingerprint density at radius 3 is 2.19 bits per heavy atom. The van der Waals surface area contributed by atoms with Crippen LogP contribution >= 0.6 is 0 Å². The molecule has 0 saturated carbocycles. The second-order valence-corrected chi connectivity index (χ2v) is 6.62. The highest BCUT2D eigenvalue weighted by atomic mass is 16.6. The fourth-order valence-corrected chi connectivity index (χ4v) is 1.87. The van der Waals surface area contributed by atoms with Crippen molar-refractivity contribution in [3.63, 3.8) is 0 Å². The molecule has 0 aliphatic rings. The van der Waals surface area contributed by atoms with Crippen LogP contribution in [-0.4, -0.2) is 26.3 Å². The predicted molar refractivity (Wildman–Crippen MR) is 97.5 cm³/mol. The Kier molecular flexibility index (Phi) is 5.68. The molecule has 2 aromatic rings. The van der Waals surface area contributed by atoms with Gasteiger partial charge in [-0.2, -0.15) is 0 Å². The van der Waals surface area contributed by atoms with Crippen LogP contribution in [0.4, 0.5) is 17.3 Å². The highest BCUT2D eigenvalue weighted by Crippen LogP contribution is 2.28. The van der Waals surface area contributed by atoms with Gasteiger partial charge in [0.15, 0.2) is 0 Å². The lowest BCUT2D eigenvalue weighted by atomic mass is 10.1. The molecule has 0 bridgehead atoms. The van der Waals surface area contributed by atoms with Crippen molar-refractivity contribution in [3.8, 4) is 0 Å². The van der Waals surface area contributed by atoms with E-state index in [0.29, 0.717) is 5.56 Å². The van der Waals surface area contributed by atoms with Gasteiger partial charge < -0.3 is 0 Å². The molecule has 0 spiro atoms. The van der Waals surface area contributed by atoms with E-state index in [2.05, 4.69) is 31.7 Å². The summed E-state index contributed by atoms with van der Waals surface area (Å²) < 4.78 is 0. The summed E-state index contributed by atoms with van der Waals surface area (Å²) in [6.07, 6.45) is 1.15. The summed E-state index contributed by atoms with van der Waals surface area (Å²) >= 11 is 0. The number of nitro groups is 1. The number of nitrogens with zero attached hydrogens (tertiary/aromatic N) is 3. The number of rotatable bonds is 6. The zero-order valence-corrected chi connectivity index (χ0v) is 15.0. The van der Waals surface area contributed by atoms with Gasteiger partial charge in [0.2, 0.25) is 11.6 Å². The monoisotopic (exact) mass is 359 g/mol. The van der Waals surface area contributed by atoms with E-state index < -0.39 is 16.5 Å². The van der Waals surface area contributed by atoms with Crippen molar-refractivity contribution in [2.45, 2.75) is 33.2 Å². The summed E-state index contributed by atoms with van der Waals surface area (Å²) in [5.74, 6) is -0.601. The smallest absolute Gasteiger partial charge is 0.299 e. The molecular weight excluding hydrogens is 338 g/mol. The lowest BCUT2D eigenvalue weighted by Gasteiger charge is -2.21. The number of aromatic nitrogens is 2. The van der Waals surface area contributed by atoms with Crippen LogP contribution in [0.2, 0.25) is 0 Å². The van der Waals surface area contributed by atoms with Gasteiger partial charge in [0.05, 0.1) is 4.92 Å². The minimum absolute atomic E-state index is 0.0213. The molecular formula is C16H21N7O3. The minimum atomic E-state index is -0.632. The Morgan fingerprint density at radius 1 is 1.08 bits per heavy atom. The van der Waals surface area contributed by atoms with E-state index >= 15 is 0 Å². The lowest BCUT2D eigenvalue weighted by Crippen LogP contribution is -2.40. The van der Waals surface area contributed by atoms with Crippen LogP contribution < -0.4 is 21.7 Å². The molecule has 26 heavy (non-hydrogen) atoms. The summed E-state index contributed by atoms with van der Waals surface area (Å²) in [5, 5.41) is 11.4. The van der Waals surface area contributed by atoms with E-state index in [-0.39, 0.29) is 17.2 Å². The maximum Gasteiger partial charge on any atom is 0.356 e. The van der Waals surface area contributed by atoms with E-state index in [4.69, 9.17) is 0 Å². The van der Waals surface area contributed by atoms with Gasteiger partial charge in [0, 0.05) is 11.1 Å². The Morgan fingerprint density at radius 2 is 1.65 bits per heavy atom. The average molecular weight is 359 g/mol. The largest absolute Gasteiger partial charge is 0.356 e. The van der Waals surface area contributed by atoms with Crippen LogP contribution in [0.3, 0.4) is 0 Å². The first kappa shape index (κ1) is 19.1. The number of aryl methyl sites for hydroxylation is 1. The molecule has 0 radical (unpaired) electrons. The summed E-state index contributed by atoms with van der Waals surface area (Å²) in [6.45, 7) is 7.56. The number of hydrogen-bond acceptors (Lipinski definition) is 8. The quantitative estimate of drug-likeness (QED) is 0.455. The van der Waals surface area contributed by atoms with Crippen LogP contribution in [-0.2, 0) is 0 Å². The third-order valence-electron chi connectivity index (χ3n) is 3.17. The number of hydrogen-bond donors (Lipinski definition) is 4. The maximum absolute atomic E-state index is 12.1. The molecule has 1 aromatic heterocycles. The van der Waals surface area contributed by atoms with E-state index in [1.54, 1.807) is 24.3 Å². The normalized spacial score (nSPS) is 10.9. The molecule has 0 unspecified atom stereocenters. The van der Waals surface area contributed by atoms with Crippen molar-refractivity contribution >= 4 is 23.2 Å². The molecule has 1 aromatic carbocycles. The van der Waals surface area contributed by atoms with Crippen LogP contribution in [0.1, 0.15) is 36.7 Å². The van der Waals surface area contributed by atoms with Gasteiger partial charge in [-0.1, -0.05) is 17.7 Å². The predicted octanol–water partition coefficient (Wildman–Crippen LogP) is 2.17. The molecule has 0 aliphatic heterocycles.